The maximum atomic E-state index is 11.8. The molecule has 0 atom stereocenters. The summed E-state index contributed by atoms with van der Waals surface area (Å²) >= 11 is 0. The van der Waals surface area contributed by atoms with Gasteiger partial charge in [-0.2, -0.15) is 0 Å². The number of ether oxygens (including phenoxy) is 2. The first-order chi connectivity index (χ1) is 9.91. The molecule has 0 aromatic heterocycles. The largest absolute Gasteiger partial charge is 0.493 e. The smallest absolute Gasteiger partial charge is 0.258 e. The summed E-state index contributed by atoms with van der Waals surface area (Å²) in [5, 5.41) is 2.80. The van der Waals surface area contributed by atoms with E-state index in [1.54, 1.807) is 13.2 Å². The molecule has 0 radical (unpaired) electrons. The first kappa shape index (κ1) is 17.0. The molecule has 0 aliphatic carbocycles. The van der Waals surface area contributed by atoms with Gasteiger partial charge in [0.1, 0.15) is 0 Å². The second-order valence-corrected chi connectivity index (χ2v) is 5.40. The Bertz CT molecular complexity index is 498. The van der Waals surface area contributed by atoms with Crippen molar-refractivity contribution in [3.8, 4) is 11.5 Å². The molecule has 116 valence electrons. The minimum Gasteiger partial charge on any atom is -0.493 e. The van der Waals surface area contributed by atoms with E-state index < -0.39 is 5.54 Å². The molecule has 3 N–H and O–H groups in total. The topological polar surface area (TPSA) is 73.6 Å². The van der Waals surface area contributed by atoms with Crippen LogP contribution >= 0.6 is 0 Å². The van der Waals surface area contributed by atoms with Crippen LogP contribution in [0.15, 0.2) is 30.9 Å². The van der Waals surface area contributed by atoms with Crippen LogP contribution in [0.25, 0.3) is 0 Å². The number of rotatable bonds is 8. The molecule has 5 nitrogen and oxygen atoms in total. The van der Waals surface area contributed by atoms with Gasteiger partial charge in [-0.15, -0.1) is 6.58 Å². The molecule has 0 aliphatic rings. The Kier molecular flexibility index (Phi) is 6.24. The van der Waals surface area contributed by atoms with Gasteiger partial charge in [0, 0.05) is 12.1 Å². The SMILES string of the molecule is C=CCc1ccc(OCC(=O)NC(C)(C)CN)c(OC)c1. The van der Waals surface area contributed by atoms with Crippen molar-refractivity contribution in [2.45, 2.75) is 25.8 Å². The number of benzene rings is 1. The standard InChI is InChI=1S/C16H24N2O3/c1-5-6-12-7-8-13(14(9-12)20-4)21-10-15(19)18-16(2,3)11-17/h5,7-9H,1,6,10-11,17H2,2-4H3,(H,18,19). The van der Waals surface area contributed by atoms with Gasteiger partial charge in [-0.05, 0) is 38.0 Å². The fraction of sp³-hybridized carbons (Fsp3) is 0.438. The zero-order valence-corrected chi connectivity index (χ0v) is 12.9. The summed E-state index contributed by atoms with van der Waals surface area (Å²) in [7, 11) is 1.57. The molecular formula is C16H24N2O3. The molecule has 0 saturated carbocycles. The minimum atomic E-state index is -0.446. The van der Waals surface area contributed by atoms with E-state index in [9.17, 15) is 4.79 Å². The van der Waals surface area contributed by atoms with Crippen LogP contribution in [0.4, 0.5) is 0 Å². The number of nitrogens with one attached hydrogen (secondary N) is 1. The number of carbonyl (C=O) groups excluding carboxylic acids is 1. The number of hydrogen-bond acceptors (Lipinski definition) is 4. The Balaban J connectivity index is 2.66. The molecule has 0 heterocycles. The van der Waals surface area contributed by atoms with Gasteiger partial charge in [-0.3, -0.25) is 4.79 Å². The highest BCUT2D eigenvalue weighted by Crippen LogP contribution is 2.28. The summed E-state index contributed by atoms with van der Waals surface area (Å²) in [6.07, 6.45) is 2.57. The van der Waals surface area contributed by atoms with Gasteiger partial charge in [0.25, 0.3) is 5.91 Å². The van der Waals surface area contributed by atoms with Crippen LogP contribution in [-0.2, 0) is 11.2 Å². The van der Waals surface area contributed by atoms with Gasteiger partial charge < -0.3 is 20.5 Å². The van der Waals surface area contributed by atoms with E-state index in [0.29, 0.717) is 18.0 Å². The number of amides is 1. The molecule has 0 unspecified atom stereocenters. The molecule has 1 aromatic rings. The summed E-state index contributed by atoms with van der Waals surface area (Å²) in [5.74, 6) is 0.911. The highest BCUT2D eigenvalue weighted by Gasteiger charge is 2.18. The molecule has 0 spiro atoms. The second-order valence-electron chi connectivity index (χ2n) is 5.40. The van der Waals surface area contributed by atoms with Gasteiger partial charge in [0.05, 0.1) is 7.11 Å². The lowest BCUT2D eigenvalue weighted by atomic mass is 10.1. The lowest BCUT2D eigenvalue weighted by molar-refractivity contribution is -0.124. The Morgan fingerprint density at radius 1 is 1.43 bits per heavy atom. The first-order valence-corrected chi connectivity index (χ1v) is 6.83. The third-order valence-corrected chi connectivity index (χ3v) is 2.95. The summed E-state index contributed by atoms with van der Waals surface area (Å²) < 4.78 is 10.8. The van der Waals surface area contributed by atoms with Gasteiger partial charge >= 0.3 is 0 Å². The van der Waals surface area contributed by atoms with Crippen LogP contribution in [0.5, 0.6) is 11.5 Å². The van der Waals surface area contributed by atoms with Crippen molar-refractivity contribution < 1.29 is 14.3 Å². The molecule has 5 heteroatoms. The maximum absolute atomic E-state index is 11.8. The average Bonchev–Trinajstić information content (AvgIpc) is 2.45. The minimum absolute atomic E-state index is 0.0827. The van der Waals surface area contributed by atoms with E-state index in [-0.39, 0.29) is 12.5 Å². The molecule has 0 fully saturated rings. The zero-order valence-electron chi connectivity index (χ0n) is 12.9. The Morgan fingerprint density at radius 3 is 2.71 bits per heavy atom. The Morgan fingerprint density at radius 2 is 2.14 bits per heavy atom. The molecule has 1 rings (SSSR count). The van der Waals surface area contributed by atoms with Crippen LogP contribution in [0.1, 0.15) is 19.4 Å². The van der Waals surface area contributed by atoms with E-state index in [2.05, 4.69) is 11.9 Å². The second kappa shape index (κ2) is 7.69. The van der Waals surface area contributed by atoms with E-state index in [4.69, 9.17) is 15.2 Å². The molecule has 0 saturated heterocycles. The van der Waals surface area contributed by atoms with Crippen LogP contribution < -0.4 is 20.5 Å². The molecule has 1 amide bonds. The third-order valence-electron chi connectivity index (χ3n) is 2.95. The number of methoxy groups -OCH3 is 1. The van der Waals surface area contributed by atoms with E-state index in [0.717, 1.165) is 12.0 Å². The summed E-state index contributed by atoms with van der Waals surface area (Å²) in [4.78, 5) is 11.8. The molecule has 0 aliphatic heterocycles. The predicted octanol–water partition coefficient (Wildman–Crippen LogP) is 1.66. The van der Waals surface area contributed by atoms with Crippen molar-refractivity contribution in [1.82, 2.24) is 5.32 Å². The summed E-state index contributed by atoms with van der Waals surface area (Å²) in [6.45, 7) is 7.69. The van der Waals surface area contributed by atoms with Crippen molar-refractivity contribution >= 4 is 5.91 Å². The molecule has 1 aromatic carbocycles. The van der Waals surface area contributed by atoms with Crippen molar-refractivity contribution in [2.75, 3.05) is 20.3 Å². The van der Waals surface area contributed by atoms with Crippen molar-refractivity contribution in [3.05, 3.63) is 36.4 Å². The van der Waals surface area contributed by atoms with Crippen molar-refractivity contribution in [2.24, 2.45) is 5.73 Å². The highest BCUT2D eigenvalue weighted by molar-refractivity contribution is 5.78. The van der Waals surface area contributed by atoms with Crippen molar-refractivity contribution in [1.29, 1.82) is 0 Å². The number of hydrogen-bond donors (Lipinski definition) is 2. The predicted molar refractivity (Wildman–Crippen MR) is 83.7 cm³/mol. The summed E-state index contributed by atoms with van der Waals surface area (Å²) in [6, 6.07) is 5.58. The molecular weight excluding hydrogens is 268 g/mol. The first-order valence-electron chi connectivity index (χ1n) is 6.83. The zero-order chi connectivity index (χ0) is 15.9. The average molecular weight is 292 g/mol. The van der Waals surface area contributed by atoms with Gasteiger partial charge in [0.15, 0.2) is 18.1 Å². The molecule has 21 heavy (non-hydrogen) atoms. The third kappa shape index (κ3) is 5.47. The van der Waals surface area contributed by atoms with E-state index >= 15 is 0 Å². The normalized spacial score (nSPS) is 10.9. The van der Waals surface area contributed by atoms with Gasteiger partial charge in [-0.1, -0.05) is 12.1 Å². The van der Waals surface area contributed by atoms with E-state index in [1.807, 2.05) is 32.1 Å². The fourth-order valence-electron chi connectivity index (χ4n) is 1.73. The Hall–Kier alpha value is -2.01. The lowest BCUT2D eigenvalue weighted by Crippen LogP contribution is -2.50. The van der Waals surface area contributed by atoms with Crippen LogP contribution in [-0.4, -0.2) is 31.7 Å². The van der Waals surface area contributed by atoms with Crippen molar-refractivity contribution in [3.63, 3.8) is 0 Å². The number of nitrogens with two attached hydrogens (primary N) is 1. The molecule has 0 bridgehead atoms. The summed E-state index contributed by atoms with van der Waals surface area (Å²) in [5.41, 5.74) is 6.20. The number of carbonyl (C=O) groups is 1. The Labute approximate surface area is 126 Å². The van der Waals surface area contributed by atoms with Crippen LogP contribution in [0.2, 0.25) is 0 Å². The quantitative estimate of drug-likeness (QED) is 0.715. The monoisotopic (exact) mass is 292 g/mol. The van der Waals surface area contributed by atoms with Gasteiger partial charge in [-0.25, -0.2) is 0 Å². The van der Waals surface area contributed by atoms with Crippen LogP contribution in [0, 0.1) is 0 Å². The highest BCUT2D eigenvalue weighted by atomic mass is 16.5. The fourth-order valence-corrected chi connectivity index (χ4v) is 1.73. The van der Waals surface area contributed by atoms with E-state index in [1.165, 1.54) is 0 Å². The maximum Gasteiger partial charge on any atom is 0.258 e. The number of allylic oxidation sites excluding steroid dienone is 1. The van der Waals surface area contributed by atoms with Crippen LogP contribution in [0.3, 0.4) is 0 Å². The lowest BCUT2D eigenvalue weighted by Gasteiger charge is -2.24. The van der Waals surface area contributed by atoms with Gasteiger partial charge in [0.2, 0.25) is 0 Å².